The van der Waals surface area contributed by atoms with Crippen molar-refractivity contribution in [3.05, 3.63) is 30.1 Å². The zero-order chi connectivity index (χ0) is 15.9. The number of halogens is 1. The first-order valence-corrected chi connectivity index (χ1v) is 8.74. The summed E-state index contributed by atoms with van der Waals surface area (Å²) in [6.07, 6.45) is 3.87. The van der Waals surface area contributed by atoms with Gasteiger partial charge in [-0.2, -0.15) is 0 Å². The SMILES string of the molecule is Fc1ccc(OCCN2CCCC[C@H]2CN2CCOCC2)cc1. The molecular formula is C18H27FN2O2. The molecule has 2 fully saturated rings. The Balaban J connectivity index is 1.45. The van der Waals surface area contributed by atoms with E-state index < -0.39 is 0 Å². The molecule has 4 nitrogen and oxygen atoms in total. The number of hydrogen-bond acceptors (Lipinski definition) is 4. The van der Waals surface area contributed by atoms with Crippen LogP contribution in [0.2, 0.25) is 0 Å². The van der Waals surface area contributed by atoms with Gasteiger partial charge in [0, 0.05) is 32.2 Å². The predicted octanol–water partition coefficient (Wildman–Crippen LogP) is 2.39. The summed E-state index contributed by atoms with van der Waals surface area (Å²) >= 11 is 0. The summed E-state index contributed by atoms with van der Waals surface area (Å²) in [5.74, 6) is 0.520. The molecule has 0 radical (unpaired) electrons. The second kappa shape index (κ2) is 8.62. The van der Waals surface area contributed by atoms with Crippen molar-refractivity contribution in [2.24, 2.45) is 0 Å². The van der Waals surface area contributed by atoms with Crippen molar-refractivity contribution in [2.75, 3.05) is 52.5 Å². The standard InChI is InChI=1S/C18H27FN2O2/c19-16-4-6-18(7-5-16)23-14-11-21-8-2-1-3-17(21)15-20-9-12-22-13-10-20/h4-7,17H,1-3,8-15H2/t17-/m0/s1. The first-order chi connectivity index (χ1) is 11.3. The molecular weight excluding hydrogens is 295 g/mol. The zero-order valence-electron chi connectivity index (χ0n) is 13.8. The molecule has 2 saturated heterocycles. The van der Waals surface area contributed by atoms with Gasteiger partial charge in [-0.1, -0.05) is 6.42 Å². The first kappa shape index (κ1) is 16.7. The highest BCUT2D eigenvalue weighted by atomic mass is 19.1. The molecule has 1 aromatic carbocycles. The fourth-order valence-electron chi connectivity index (χ4n) is 3.45. The number of benzene rings is 1. The van der Waals surface area contributed by atoms with Crippen LogP contribution in [0.1, 0.15) is 19.3 Å². The van der Waals surface area contributed by atoms with Gasteiger partial charge >= 0.3 is 0 Å². The number of morpholine rings is 1. The maximum atomic E-state index is 12.9. The molecule has 2 aliphatic heterocycles. The van der Waals surface area contributed by atoms with Gasteiger partial charge in [0.05, 0.1) is 13.2 Å². The summed E-state index contributed by atoms with van der Waals surface area (Å²) in [5.41, 5.74) is 0. The first-order valence-electron chi connectivity index (χ1n) is 8.74. The summed E-state index contributed by atoms with van der Waals surface area (Å²) in [4.78, 5) is 5.08. The average molecular weight is 322 g/mol. The maximum Gasteiger partial charge on any atom is 0.123 e. The highest BCUT2D eigenvalue weighted by Crippen LogP contribution is 2.19. The molecule has 1 aromatic rings. The van der Waals surface area contributed by atoms with E-state index in [0.717, 1.165) is 51.7 Å². The topological polar surface area (TPSA) is 24.9 Å². The van der Waals surface area contributed by atoms with E-state index in [4.69, 9.17) is 9.47 Å². The van der Waals surface area contributed by atoms with Crippen LogP contribution in [0.15, 0.2) is 24.3 Å². The van der Waals surface area contributed by atoms with E-state index >= 15 is 0 Å². The normalized spacial score (nSPS) is 23.8. The van der Waals surface area contributed by atoms with Crippen LogP contribution in [0.25, 0.3) is 0 Å². The minimum atomic E-state index is -0.223. The van der Waals surface area contributed by atoms with Gasteiger partial charge in [0.25, 0.3) is 0 Å². The third-order valence-electron chi connectivity index (χ3n) is 4.78. The van der Waals surface area contributed by atoms with Gasteiger partial charge in [0.1, 0.15) is 18.2 Å². The Morgan fingerprint density at radius 1 is 1.09 bits per heavy atom. The van der Waals surface area contributed by atoms with E-state index in [2.05, 4.69) is 9.80 Å². The molecule has 0 aliphatic carbocycles. The van der Waals surface area contributed by atoms with Crippen LogP contribution in [0.5, 0.6) is 5.75 Å². The summed E-state index contributed by atoms with van der Waals surface area (Å²) in [5, 5.41) is 0. The largest absolute Gasteiger partial charge is 0.492 e. The van der Waals surface area contributed by atoms with E-state index in [1.807, 2.05) is 0 Å². The van der Waals surface area contributed by atoms with Crippen molar-refractivity contribution in [3.8, 4) is 5.75 Å². The van der Waals surface area contributed by atoms with Gasteiger partial charge in [0.15, 0.2) is 0 Å². The van der Waals surface area contributed by atoms with Gasteiger partial charge in [-0.3, -0.25) is 9.80 Å². The molecule has 128 valence electrons. The smallest absolute Gasteiger partial charge is 0.123 e. The van der Waals surface area contributed by atoms with E-state index in [1.165, 1.54) is 31.4 Å². The van der Waals surface area contributed by atoms with Crippen LogP contribution in [0, 0.1) is 5.82 Å². The third kappa shape index (κ3) is 5.16. The second-order valence-electron chi connectivity index (χ2n) is 6.40. The summed E-state index contributed by atoms with van der Waals surface area (Å²) in [6, 6.07) is 6.89. The van der Waals surface area contributed by atoms with Crippen molar-refractivity contribution in [3.63, 3.8) is 0 Å². The van der Waals surface area contributed by atoms with Crippen molar-refractivity contribution >= 4 is 0 Å². The Morgan fingerprint density at radius 3 is 2.65 bits per heavy atom. The molecule has 0 aromatic heterocycles. The Bertz CT molecular complexity index is 463. The lowest BCUT2D eigenvalue weighted by Gasteiger charge is -2.39. The lowest BCUT2D eigenvalue weighted by atomic mass is 10.0. The van der Waals surface area contributed by atoms with E-state index in [-0.39, 0.29) is 5.82 Å². The Hall–Kier alpha value is -1.17. The lowest BCUT2D eigenvalue weighted by molar-refractivity contribution is 0.0148. The Labute approximate surface area is 138 Å². The zero-order valence-corrected chi connectivity index (χ0v) is 13.8. The number of piperidine rings is 1. The monoisotopic (exact) mass is 322 g/mol. The second-order valence-corrected chi connectivity index (χ2v) is 6.40. The molecule has 0 amide bonds. The predicted molar refractivity (Wildman–Crippen MR) is 88.4 cm³/mol. The fourth-order valence-corrected chi connectivity index (χ4v) is 3.45. The third-order valence-corrected chi connectivity index (χ3v) is 4.78. The molecule has 0 saturated carbocycles. The number of likely N-dealkylation sites (tertiary alicyclic amines) is 1. The van der Waals surface area contributed by atoms with E-state index in [9.17, 15) is 4.39 Å². The van der Waals surface area contributed by atoms with Crippen molar-refractivity contribution in [1.82, 2.24) is 9.80 Å². The van der Waals surface area contributed by atoms with Crippen molar-refractivity contribution < 1.29 is 13.9 Å². The van der Waals surface area contributed by atoms with Gasteiger partial charge in [-0.15, -0.1) is 0 Å². The quantitative estimate of drug-likeness (QED) is 0.803. The van der Waals surface area contributed by atoms with Gasteiger partial charge < -0.3 is 9.47 Å². The molecule has 0 N–H and O–H groups in total. The molecule has 0 unspecified atom stereocenters. The summed E-state index contributed by atoms with van der Waals surface area (Å²) in [6.45, 7) is 7.72. The maximum absolute atomic E-state index is 12.9. The molecule has 23 heavy (non-hydrogen) atoms. The highest BCUT2D eigenvalue weighted by molar-refractivity contribution is 5.21. The van der Waals surface area contributed by atoms with Crippen molar-refractivity contribution in [2.45, 2.75) is 25.3 Å². The van der Waals surface area contributed by atoms with Crippen LogP contribution in [-0.2, 0) is 4.74 Å². The highest BCUT2D eigenvalue weighted by Gasteiger charge is 2.25. The fraction of sp³-hybridized carbons (Fsp3) is 0.667. The van der Waals surface area contributed by atoms with Gasteiger partial charge in [-0.25, -0.2) is 4.39 Å². The summed E-state index contributed by atoms with van der Waals surface area (Å²) in [7, 11) is 0. The molecule has 0 spiro atoms. The van der Waals surface area contributed by atoms with Crippen LogP contribution >= 0.6 is 0 Å². The molecule has 0 bridgehead atoms. The van der Waals surface area contributed by atoms with Crippen LogP contribution < -0.4 is 4.74 Å². The van der Waals surface area contributed by atoms with Gasteiger partial charge in [0.2, 0.25) is 0 Å². The van der Waals surface area contributed by atoms with Gasteiger partial charge in [-0.05, 0) is 43.7 Å². The molecule has 5 heteroatoms. The number of hydrogen-bond donors (Lipinski definition) is 0. The van der Waals surface area contributed by atoms with Crippen LogP contribution in [-0.4, -0.2) is 68.4 Å². The number of rotatable bonds is 6. The molecule has 3 rings (SSSR count). The Kier molecular flexibility index (Phi) is 6.25. The Morgan fingerprint density at radius 2 is 1.87 bits per heavy atom. The van der Waals surface area contributed by atoms with Crippen LogP contribution in [0.4, 0.5) is 4.39 Å². The van der Waals surface area contributed by atoms with E-state index in [0.29, 0.717) is 12.6 Å². The summed E-state index contributed by atoms with van der Waals surface area (Å²) < 4.78 is 24.1. The van der Waals surface area contributed by atoms with E-state index in [1.54, 1.807) is 12.1 Å². The minimum absolute atomic E-state index is 0.223. The number of nitrogens with zero attached hydrogens (tertiary/aromatic N) is 2. The van der Waals surface area contributed by atoms with Crippen molar-refractivity contribution in [1.29, 1.82) is 0 Å². The van der Waals surface area contributed by atoms with Crippen LogP contribution in [0.3, 0.4) is 0 Å². The molecule has 2 heterocycles. The lowest BCUT2D eigenvalue weighted by Crippen LogP contribution is -2.50. The molecule has 1 atom stereocenters. The minimum Gasteiger partial charge on any atom is -0.492 e. The number of ether oxygens (including phenoxy) is 2. The molecule has 2 aliphatic rings. The average Bonchev–Trinajstić information content (AvgIpc) is 2.59.